The van der Waals surface area contributed by atoms with Crippen molar-refractivity contribution in [2.75, 3.05) is 11.4 Å². The SMILES string of the molecule is C#Cc1cccc(N2CC([C@@H]3C[C@H]3N)=CC=C2[As])c1. The number of nitrogens with zero attached hydrogens (tertiary/aromatic N) is 1. The fourth-order valence-electron chi connectivity index (χ4n) is 2.46. The molecule has 0 amide bonds. The number of hydrogen-bond donors (Lipinski definition) is 1. The molecule has 19 heavy (non-hydrogen) atoms. The fraction of sp³-hybridized carbons (Fsp3) is 0.250. The van der Waals surface area contributed by atoms with Gasteiger partial charge in [-0.05, 0) is 0 Å². The normalized spacial score (nSPS) is 25.4. The second-order valence-electron chi connectivity index (χ2n) is 5.05. The molecule has 1 aliphatic heterocycles. The summed E-state index contributed by atoms with van der Waals surface area (Å²) in [5.41, 5.74) is 9.43. The summed E-state index contributed by atoms with van der Waals surface area (Å²) in [6, 6.07) is 8.46. The van der Waals surface area contributed by atoms with Crippen molar-refractivity contribution in [3.05, 3.63) is 52.0 Å². The zero-order valence-corrected chi connectivity index (χ0v) is 12.5. The predicted molar refractivity (Wildman–Crippen MR) is 79.7 cm³/mol. The van der Waals surface area contributed by atoms with Crippen LogP contribution < -0.4 is 10.6 Å². The van der Waals surface area contributed by atoms with Gasteiger partial charge < -0.3 is 0 Å². The molecule has 3 heteroatoms. The van der Waals surface area contributed by atoms with Crippen LogP contribution in [0.25, 0.3) is 0 Å². The molecule has 1 aromatic carbocycles. The maximum absolute atomic E-state index is 5.95. The van der Waals surface area contributed by atoms with Gasteiger partial charge in [0.15, 0.2) is 0 Å². The summed E-state index contributed by atoms with van der Waals surface area (Å²) >= 11 is 2.62. The van der Waals surface area contributed by atoms with Crippen molar-refractivity contribution in [2.45, 2.75) is 12.5 Å². The van der Waals surface area contributed by atoms with E-state index in [1.165, 1.54) is 10.1 Å². The van der Waals surface area contributed by atoms with Crippen molar-refractivity contribution in [3.63, 3.8) is 0 Å². The predicted octanol–water partition coefficient (Wildman–Crippen LogP) is 1.77. The zero-order valence-electron chi connectivity index (χ0n) is 10.6. The molecule has 3 rings (SSSR count). The van der Waals surface area contributed by atoms with E-state index < -0.39 is 0 Å². The molecule has 0 bridgehead atoms. The van der Waals surface area contributed by atoms with Crippen LogP contribution in [0.15, 0.2) is 46.5 Å². The van der Waals surface area contributed by atoms with E-state index >= 15 is 0 Å². The molecule has 0 unspecified atom stereocenters. The first-order valence-corrected chi connectivity index (χ1v) is 7.32. The Hall–Kier alpha value is -1.42. The molecule has 1 heterocycles. The Kier molecular flexibility index (Phi) is 3.27. The summed E-state index contributed by atoms with van der Waals surface area (Å²) in [5.74, 6) is 3.25. The van der Waals surface area contributed by atoms with Crippen LogP contribution in [0.1, 0.15) is 12.0 Å². The van der Waals surface area contributed by atoms with Crippen LogP contribution in [0, 0.1) is 18.3 Å². The van der Waals surface area contributed by atoms with Crippen molar-refractivity contribution < 1.29 is 0 Å². The van der Waals surface area contributed by atoms with Gasteiger partial charge in [0.05, 0.1) is 0 Å². The van der Waals surface area contributed by atoms with E-state index in [-0.39, 0.29) is 0 Å². The second-order valence-corrected chi connectivity index (χ2v) is 6.01. The minimum absolute atomic E-state index is 0.353. The Labute approximate surface area is 122 Å². The molecule has 0 saturated heterocycles. The fourth-order valence-corrected chi connectivity index (χ4v) is 3.00. The number of rotatable bonds is 2. The first kappa shape index (κ1) is 12.6. The molecule has 2 N–H and O–H groups in total. The molecule has 94 valence electrons. The molecule has 1 fully saturated rings. The molecule has 2 atom stereocenters. The number of allylic oxidation sites excluding steroid dienone is 2. The van der Waals surface area contributed by atoms with E-state index in [1.54, 1.807) is 0 Å². The molecular weight excluding hydrogens is 295 g/mol. The van der Waals surface area contributed by atoms with E-state index in [4.69, 9.17) is 12.2 Å². The molecule has 1 aromatic rings. The summed E-state index contributed by atoms with van der Waals surface area (Å²) in [6.07, 6.45) is 10.9. The zero-order chi connectivity index (χ0) is 13.4. The van der Waals surface area contributed by atoms with Crippen LogP contribution in [-0.4, -0.2) is 29.4 Å². The summed E-state index contributed by atoms with van der Waals surface area (Å²) in [5, 5.41) is 0. The molecule has 2 aliphatic rings. The van der Waals surface area contributed by atoms with Crippen LogP contribution in [0.2, 0.25) is 0 Å². The first-order chi connectivity index (χ1) is 9.19. The third kappa shape index (κ3) is 2.50. The molecule has 0 aromatic heterocycles. The summed E-state index contributed by atoms with van der Waals surface area (Å²) in [7, 11) is 0. The second kappa shape index (κ2) is 4.93. The number of nitrogens with two attached hydrogens (primary N) is 1. The third-order valence-corrected chi connectivity index (χ3v) is 4.52. The third-order valence-electron chi connectivity index (χ3n) is 3.70. The average Bonchev–Trinajstić information content (AvgIpc) is 3.16. The molecule has 2 nitrogen and oxygen atoms in total. The number of hydrogen-bond acceptors (Lipinski definition) is 2. The van der Waals surface area contributed by atoms with E-state index in [2.05, 4.69) is 52.0 Å². The number of terminal acetylenes is 1. The van der Waals surface area contributed by atoms with Gasteiger partial charge in [0, 0.05) is 0 Å². The van der Waals surface area contributed by atoms with Crippen molar-refractivity contribution in [3.8, 4) is 12.3 Å². The van der Waals surface area contributed by atoms with Gasteiger partial charge in [0.25, 0.3) is 0 Å². The minimum atomic E-state index is 0.353. The molecule has 1 saturated carbocycles. The van der Waals surface area contributed by atoms with Crippen molar-refractivity contribution in [1.82, 2.24) is 0 Å². The molecular formula is C16H15AsN2. The van der Waals surface area contributed by atoms with E-state index in [9.17, 15) is 0 Å². The Morgan fingerprint density at radius 3 is 2.84 bits per heavy atom. The van der Waals surface area contributed by atoms with Crippen molar-refractivity contribution in [1.29, 1.82) is 0 Å². The Morgan fingerprint density at radius 1 is 1.37 bits per heavy atom. The van der Waals surface area contributed by atoms with Gasteiger partial charge in [-0.2, -0.15) is 0 Å². The van der Waals surface area contributed by atoms with Gasteiger partial charge in [-0.1, -0.05) is 0 Å². The number of benzene rings is 1. The Morgan fingerprint density at radius 2 is 2.16 bits per heavy atom. The monoisotopic (exact) mass is 310 g/mol. The van der Waals surface area contributed by atoms with Crippen molar-refractivity contribution in [2.24, 2.45) is 11.7 Å². The van der Waals surface area contributed by atoms with Gasteiger partial charge in [0.2, 0.25) is 0 Å². The topological polar surface area (TPSA) is 29.3 Å². The first-order valence-electron chi connectivity index (χ1n) is 6.38. The molecule has 0 spiro atoms. The van der Waals surface area contributed by atoms with E-state index in [0.29, 0.717) is 12.0 Å². The van der Waals surface area contributed by atoms with E-state index in [1.807, 2.05) is 12.1 Å². The molecule has 1 aliphatic carbocycles. The van der Waals surface area contributed by atoms with Gasteiger partial charge in [0.1, 0.15) is 0 Å². The Balaban J connectivity index is 1.87. The van der Waals surface area contributed by atoms with E-state index in [0.717, 1.165) is 24.2 Å². The van der Waals surface area contributed by atoms with Gasteiger partial charge in [-0.3, -0.25) is 0 Å². The number of anilines is 1. The van der Waals surface area contributed by atoms with Crippen LogP contribution in [0.4, 0.5) is 5.69 Å². The average molecular weight is 310 g/mol. The summed E-state index contributed by atoms with van der Waals surface area (Å²) < 4.78 is 1.18. The van der Waals surface area contributed by atoms with Crippen LogP contribution in [0.5, 0.6) is 0 Å². The standard InChI is InChI=1S/C16H15AsN2/c1-2-11-4-3-5-13(8-11)19-10-12(6-7-16(19)17)14-9-15(14)18/h1,3-8,14-15H,9-10,18H2/t14-,15+/m0/s1. The Bertz CT molecular complexity index is 609. The van der Waals surface area contributed by atoms with Crippen LogP contribution in [0.3, 0.4) is 0 Å². The summed E-state index contributed by atoms with van der Waals surface area (Å²) in [6.45, 7) is 0.910. The quantitative estimate of drug-likeness (QED) is 0.666. The van der Waals surface area contributed by atoms with Crippen molar-refractivity contribution >= 4 is 22.5 Å². The maximum atomic E-state index is 5.95. The molecule has 2 radical (unpaired) electrons. The van der Waals surface area contributed by atoms with Gasteiger partial charge in [-0.15, -0.1) is 0 Å². The van der Waals surface area contributed by atoms with Crippen LogP contribution in [-0.2, 0) is 0 Å². The van der Waals surface area contributed by atoms with Gasteiger partial charge >= 0.3 is 122 Å². The van der Waals surface area contributed by atoms with Gasteiger partial charge in [-0.25, -0.2) is 0 Å². The summed E-state index contributed by atoms with van der Waals surface area (Å²) in [4.78, 5) is 2.28. The van der Waals surface area contributed by atoms with Crippen LogP contribution >= 0.6 is 0 Å².